The molecule has 30 heavy (non-hydrogen) atoms. The fourth-order valence-corrected chi connectivity index (χ4v) is 3.72. The molecular weight excluding hydrogens is 408 g/mol. The number of carbonyl (C=O) groups is 1. The predicted octanol–water partition coefficient (Wildman–Crippen LogP) is 3.09. The summed E-state index contributed by atoms with van der Waals surface area (Å²) in [6, 6.07) is 10.2. The number of halogens is 1. The van der Waals surface area contributed by atoms with Crippen molar-refractivity contribution < 1.29 is 19.7 Å². The van der Waals surface area contributed by atoms with E-state index in [1.165, 1.54) is 6.07 Å². The van der Waals surface area contributed by atoms with Crippen LogP contribution in [0.25, 0.3) is 10.9 Å². The molecule has 1 saturated heterocycles. The molecule has 0 spiro atoms. The quantitative estimate of drug-likeness (QED) is 0.518. The Morgan fingerprint density at radius 1 is 1.33 bits per heavy atom. The second-order valence-corrected chi connectivity index (χ2v) is 7.43. The minimum Gasteiger partial charge on any atom is -0.506 e. The number of aliphatic hydroxyl groups excluding tert-OH is 1. The Balaban J connectivity index is 1.50. The van der Waals surface area contributed by atoms with E-state index in [1.807, 2.05) is 18.2 Å². The summed E-state index contributed by atoms with van der Waals surface area (Å²) < 4.78 is 5.99. The van der Waals surface area contributed by atoms with Crippen molar-refractivity contribution in [2.24, 2.45) is 0 Å². The molecule has 1 fully saturated rings. The number of aromatic hydroxyl groups is 1. The van der Waals surface area contributed by atoms with Gasteiger partial charge < -0.3 is 25.2 Å². The van der Waals surface area contributed by atoms with Crippen molar-refractivity contribution in [3.8, 4) is 11.5 Å². The highest BCUT2D eigenvalue weighted by atomic mass is 35.5. The van der Waals surface area contributed by atoms with Gasteiger partial charge in [0.15, 0.2) is 0 Å². The Morgan fingerprint density at radius 2 is 2.20 bits per heavy atom. The van der Waals surface area contributed by atoms with E-state index >= 15 is 0 Å². The lowest BCUT2D eigenvalue weighted by atomic mass is 10.2. The van der Waals surface area contributed by atoms with Crippen LogP contribution in [0.1, 0.15) is 12.8 Å². The molecule has 8 nitrogen and oxygen atoms in total. The number of benzene rings is 2. The normalized spacial score (nSPS) is 16.1. The van der Waals surface area contributed by atoms with Crippen molar-refractivity contribution in [2.45, 2.75) is 18.9 Å². The summed E-state index contributed by atoms with van der Waals surface area (Å²) >= 11 is 5.94. The molecule has 1 atom stereocenters. The van der Waals surface area contributed by atoms with Crippen molar-refractivity contribution in [3.63, 3.8) is 0 Å². The Bertz CT molecular complexity index is 1080. The van der Waals surface area contributed by atoms with E-state index < -0.39 is 6.61 Å². The first kappa shape index (κ1) is 20.2. The summed E-state index contributed by atoms with van der Waals surface area (Å²) in [6.45, 7) is 0.500. The predicted molar refractivity (Wildman–Crippen MR) is 113 cm³/mol. The molecule has 0 aliphatic carbocycles. The molecule has 4 rings (SSSR count). The second kappa shape index (κ2) is 8.73. The number of hydrogen-bond donors (Lipinski definition) is 3. The van der Waals surface area contributed by atoms with E-state index in [0.29, 0.717) is 36.1 Å². The minimum atomic E-state index is -0.485. The van der Waals surface area contributed by atoms with Gasteiger partial charge in [0, 0.05) is 18.4 Å². The first-order valence-corrected chi connectivity index (χ1v) is 9.97. The average molecular weight is 429 g/mol. The number of aliphatic hydroxyl groups is 1. The first-order valence-electron chi connectivity index (χ1n) is 9.59. The maximum absolute atomic E-state index is 11.8. The summed E-state index contributed by atoms with van der Waals surface area (Å²) in [6.07, 6.45) is 3.41. The molecule has 2 heterocycles. The van der Waals surface area contributed by atoms with Crippen LogP contribution < -0.4 is 10.1 Å². The third kappa shape index (κ3) is 4.24. The number of anilines is 2. The Kier molecular flexibility index (Phi) is 5.87. The van der Waals surface area contributed by atoms with E-state index in [2.05, 4.69) is 15.3 Å². The van der Waals surface area contributed by atoms with Crippen molar-refractivity contribution in [3.05, 3.63) is 47.6 Å². The van der Waals surface area contributed by atoms with Gasteiger partial charge in [-0.05, 0) is 43.2 Å². The SMILES string of the molecule is O=C(CO)N1CCC[C@H]1COc1cccc2nc(Nc3ccc(O)c(Cl)c3)ncc12. The molecule has 3 aromatic rings. The number of amides is 1. The van der Waals surface area contributed by atoms with Gasteiger partial charge in [-0.2, -0.15) is 0 Å². The third-order valence-electron chi connectivity index (χ3n) is 5.05. The molecule has 9 heteroatoms. The highest BCUT2D eigenvalue weighted by Crippen LogP contribution is 2.29. The van der Waals surface area contributed by atoms with Crippen molar-refractivity contribution >= 4 is 40.0 Å². The zero-order chi connectivity index (χ0) is 21.1. The average Bonchev–Trinajstić information content (AvgIpc) is 3.22. The van der Waals surface area contributed by atoms with Gasteiger partial charge in [-0.15, -0.1) is 0 Å². The van der Waals surface area contributed by atoms with Crippen molar-refractivity contribution in [1.29, 1.82) is 0 Å². The minimum absolute atomic E-state index is 0.00459. The zero-order valence-corrected chi connectivity index (χ0v) is 16.8. The number of phenolic OH excluding ortho intramolecular Hbond substituents is 1. The van der Waals surface area contributed by atoms with Crippen LogP contribution in [0.2, 0.25) is 5.02 Å². The van der Waals surface area contributed by atoms with E-state index in [1.54, 1.807) is 23.2 Å². The summed E-state index contributed by atoms with van der Waals surface area (Å²) in [7, 11) is 0. The lowest BCUT2D eigenvalue weighted by Gasteiger charge is -2.24. The number of fused-ring (bicyclic) bond motifs is 1. The largest absolute Gasteiger partial charge is 0.506 e. The number of phenols is 1. The maximum atomic E-state index is 11.8. The molecule has 1 aromatic heterocycles. The summed E-state index contributed by atoms with van der Waals surface area (Å²) in [5.74, 6) is 0.754. The topological polar surface area (TPSA) is 108 Å². The lowest BCUT2D eigenvalue weighted by Crippen LogP contribution is -2.40. The Labute approximate surface area is 178 Å². The number of ether oxygens (including phenoxy) is 1. The van der Waals surface area contributed by atoms with E-state index in [0.717, 1.165) is 18.2 Å². The van der Waals surface area contributed by atoms with Crippen LogP contribution in [0.5, 0.6) is 11.5 Å². The molecule has 2 aromatic carbocycles. The lowest BCUT2D eigenvalue weighted by molar-refractivity contribution is -0.135. The highest BCUT2D eigenvalue weighted by Gasteiger charge is 2.28. The number of likely N-dealkylation sites (tertiary alicyclic amines) is 1. The molecule has 0 saturated carbocycles. The molecule has 0 radical (unpaired) electrons. The van der Waals surface area contributed by atoms with Crippen molar-refractivity contribution in [2.75, 3.05) is 25.1 Å². The fraction of sp³-hybridized carbons (Fsp3) is 0.286. The smallest absolute Gasteiger partial charge is 0.248 e. The molecular formula is C21H21ClN4O4. The summed E-state index contributed by atoms with van der Waals surface area (Å²) in [5.41, 5.74) is 1.35. The molecule has 1 amide bonds. The van der Waals surface area contributed by atoms with Gasteiger partial charge in [0.1, 0.15) is 24.7 Å². The van der Waals surface area contributed by atoms with Crippen LogP contribution in [-0.2, 0) is 4.79 Å². The van der Waals surface area contributed by atoms with E-state index in [-0.39, 0.29) is 22.7 Å². The number of nitrogens with zero attached hydrogens (tertiary/aromatic N) is 3. The van der Waals surface area contributed by atoms with Gasteiger partial charge in [0.2, 0.25) is 11.9 Å². The van der Waals surface area contributed by atoms with Gasteiger partial charge in [-0.3, -0.25) is 4.79 Å². The highest BCUT2D eigenvalue weighted by molar-refractivity contribution is 6.32. The first-order chi connectivity index (χ1) is 14.5. The molecule has 1 aliphatic rings. The number of carbonyl (C=O) groups excluding carboxylic acids is 1. The van der Waals surface area contributed by atoms with Crippen LogP contribution in [0, 0.1) is 0 Å². The van der Waals surface area contributed by atoms with Crippen LogP contribution in [0.4, 0.5) is 11.6 Å². The van der Waals surface area contributed by atoms with Gasteiger partial charge in [0.05, 0.1) is 22.0 Å². The Morgan fingerprint density at radius 3 is 3.00 bits per heavy atom. The summed E-state index contributed by atoms with van der Waals surface area (Å²) in [5, 5.41) is 22.7. The summed E-state index contributed by atoms with van der Waals surface area (Å²) in [4.78, 5) is 22.4. The van der Waals surface area contributed by atoms with E-state index in [9.17, 15) is 9.90 Å². The molecule has 3 N–H and O–H groups in total. The van der Waals surface area contributed by atoms with Crippen molar-refractivity contribution in [1.82, 2.24) is 14.9 Å². The monoisotopic (exact) mass is 428 g/mol. The molecule has 0 unspecified atom stereocenters. The zero-order valence-electron chi connectivity index (χ0n) is 16.1. The number of nitrogens with one attached hydrogen (secondary N) is 1. The van der Waals surface area contributed by atoms with Crippen LogP contribution in [0.15, 0.2) is 42.6 Å². The third-order valence-corrected chi connectivity index (χ3v) is 5.36. The van der Waals surface area contributed by atoms with Crippen LogP contribution >= 0.6 is 11.6 Å². The fourth-order valence-electron chi connectivity index (χ4n) is 3.54. The molecule has 1 aliphatic heterocycles. The molecule has 0 bridgehead atoms. The maximum Gasteiger partial charge on any atom is 0.248 e. The Hall–Kier alpha value is -3.10. The standard InChI is InChI=1S/C21H21ClN4O4/c22-16-9-13(6-7-18(16)28)24-21-23-10-15-17(25-21)4-1-5-19(15)30-12-14-3-2-8-26(14)20(29)11-27/h1,4-7,9-10,14,27-28H,2-3,8,11-12H2,(H,23,24,25)/t14-/m0/s1. The van der Waals surface area contributed by atoms with Gasteiger partial charge in [-0.1, -0.05) is 17.7 Å². The van der Waals surface area contributed by atoms with Gasteiger partial charge in [-0.25, -0.2) is 9.97 Å². The van der Waals surface area contributed by atoms with E-state index in [4.69, 9.17) is 21.4 Å². The second-order valence-electron chi connectivity index (χ2n) is 7.03. The number of rotatable bonds is 6. The van der Waals surface area contributed by atoms with Crippen LogP contribution in [-0.4, -0.2) is 56.8 Å². The number of aromatic nitrogens is 2. The number of hydrogen-bond acceptors (Lipinski definition) is 7. The van der Waals surface area contributed by atoms with Gasteiger partial charge in [0.25, 0.3) is 0 Å². The molecule has 156 valence electrons. The van der Waals surface area contributed by atoms with Gasteiger partial charge >= 0.3 is 0 Å². The van der Waals surface area contributed by atoms with Crippen LogP contribution in [0.3, 0.4) is 0 Å².